The van der Waals surface area contributed by atoms with E-state index in [1.807, 2.05) is 23.1 Å². The zero-order valence-corrected chi connectivity index (χ0v) is 15.6. The molecule has 7 nitrogen and oxygen atoms in total. The number of benzene rings is 1. The Morgan fingerprint density at radius 2 is 1.85 bits per heavy atom. The van der Waals surface area contributed by atoms with Gasteiger partial charge >= 0.3 is 0 Å². The Kier molecular flexibility index (Phi) is 5.74. The van der Waals surface area contributed by atoms with Crippen LogP contribution in [-0.2, 0) is 9.47 Å². The number of ether oxygens (including phenoxy) is 2. The first kappa shape index (κ1) is 17.8. The summed E-state index contributed by atoms with van der Waals surface area (Å²) in [5, 5.41) is 0. The highest BCUT2D eigenvalue weighted by Crippen LogP contribution is 2.20. The maximum Gasteiger partial charge on any atom is 0.254 e. The Morgan fingerprint density at radius 1 is 1.12 bits per heavy atom. The summed E-state index contributed by atoms with van der Waals surface area (Å²) in [7, 11) is 0. The predicted octanol–water partition coefficient (Wildman–Crippen LogP) is 1.64. The summed E-state index contributed by atoms with van der Waals surface area (Å²) < 4.78 is 19.4. The number of aromatic nitrogens is 2. The number of nitrogens with zero attached hydrogens (tertiary/aromatic N) is 4. The lowest BCUT2D eigenvalue weighted by molar-refractivity contribution is 0.0141. The molecular formula is C18H24N4O3S. The number of morpholine rings is 1. The van der Waals surface area contributed by atoms with Crippen molar-refractivity contribution in [3.63, 3.8) is 0 Å². The largest absolute Gasteiger partial charge is 0.381 e. The second-order valence-electron chi connectivity index (χ2n) is 6.76. The van der Waals surface area contributed by atoms with Crippen molar-refractivity contribution in [1.82, 2.24) is 18.5 Å². The van der Waals surface area contributed by atoms with Crippen LogP contribution in [0.25, 0.3) is 11.0 Å². The van der Waals surface area contributed by atoms with Gasteiger partial charge in [-0.2, -0.15) is 8.75 Å². The van der Waals surface area contributed by atoms with Crippen LogP contribution in [0, 0.1) is 0 Å². The van der Waals surface area contributed by atoms with Gasteiger partial charge in [0, 0.05) is 51.0 Å². The normalized spacial score (nSPS) is 19.7. The van der Waals surface area contributed by atoms with Crippen LogP contribution in [0.4, 0.5) is 0 Å². The number of amides is 1. The Hall–Kier alpha value is -1.61. The van der Waals surface area contributed by atoms with Gasteiger partial charge in [0.25, 0.3) is 5.91 Å². The Morgan fingerprint density at radius 3 is 2.65 bits per heavy atom. The third-order valence-corrected chi connectivity index (χ3v) is 5.71. The molecule has 26 heavy (non-hydrogen) atoms. The lowest BCUT2D eigenvalue weighted by atomic mass is 10.0. The molecule has 140 valence electrons. The monoisotopic (exact) mass is 376 g/mol. The maximum atomic E-state index is 13.3. The molecule has 1 aromatic heterocycles. The van der Waals surface area contributed by atoms with E-state index in [-0.39, 0.29) is 11.9 Å². The molecular weight excluding hydrogens is 352 g/mol. The van der Waals surface area contributed by atoms with Crippen molar-refractivity contribution in [3.05, 3.63) is 23.8 Å². The fourth-order valence-electron chi connectivity index (χ4n) is 3.60. The highest BCUT2D eigenvalue weighted by molar-refractivity contribution is 7.00. The zero-order chi connectivity index (χ0) is 17.8. The second kappa shape index (κ2) is 8.39. The SMILES string of the molecule is O=C(c1ccc2nsnc2c1)N(CCN1CCOCC1)C1CCOCC1. The minimum Gasteiger partial charge on any atom is -0.381 e. The third-order valence-electron chi connectivity index (χ3n) is 5.15. The van der Waals surface area contributed by atoms with Crippen molar-refractivity contribution in [2.75, 3.05) is 52.6 Å². The topological polar surface area (TPSA) is 67.8 Å². The standard InChI is InChI=1S/C18H24N4O3S/c23-18(14-1-2-16-17(13-14)20-26-19-16)22(15-3-9-24-10-4-15)6-5-21-7-11-25-12-8-21/h1-2,13,15H,3-12H2. The van der Waals surface area contributed by atoms with E-state index in [4.69, 9.17) is 9.47 Å². The molecule has 0 unspecified atom stereocenters. The molecule has 1 amide bonds. The van der Waals surface area contributed by atoms with E-state index < -0.39 is 0 Å². The molecule has 4 rings (SSSR count). The van der Waals surface area contributed by atoms with Crippen LogP contribution in [0.3, 0.4) is 0 Å². The summed E-state index contributed by atoms with van der Waals surface area (Å²) in [6, 6.07) is 5.85. The van der Waals surface area contributed by atoms with Crippen LogP contribution >= 0.6 is 11.7 Å². The lowest BCUT2D eigenvalue weighted by Gasteiger charge is -2.36. The summed E-state index contributed by atoms with van der Waals surface area (Å²) in [5.74, 6) is 0.0834. The summed E-state index contributed by atoms with van der Waals surface area (Å²) in [6.45, 7) is 6.49. The quantitative estimate of drug-likeness (QED) is 0.790. The zero-order valence-electron chi connectivity index (χ0n) is 14.8. The molecule has 1 aromatic carbocycles. The van der Waals surface area contributed by atoms with Crippen molar-refractivity contribution < 1.29 is 14.3 Å². The van der Waals surface area contributed by atoms with Gasteiger partial charge in [-0.1, -0.05) is 0 Å². The van der Waals surface area contributed by atoms with Crippen LogP contribution in [0.1, 0.15) is 23.2 Å². The van der Waals surface area contributed by atoms with Crippen LogP contribution in [0.5, 0.6) is 0 Å². The molecule has 0 aliphatic carbocycles. The van der Waals surface area contributed by atoms with Crippen molar-refractivity contribution in [2.45, 2.75) is 18.9 Å². The van der Waals surface area contributed by atoms with E-state index >= 15 is 0 Å². The van der Waals surface area contributed by atoms with Gasteiger partial charge < -0.3 is 14.4 Å². The molecule has 0 spiro atoms. The van der Waals surface area contributed by atoms with Gasteiger partial charge in [0.05, 0.1) is 24.9 Å². The van der Waals surface area contributed by atoms with Crippen LogP contribution < -0.4 is 0 Å². The molecule has 2 aliphatic heterocycles. The van der Waals surface area contributed by atoms with Gasteiger partial charge in [-0.3, -0.25) is 9.69 Å². The van der Waals surface area contributed by atoms with E-state index in [0.717, 1.165) is 76.5 Å². The molecule has 0 saturated carbocycles. The number of carbonyl (C=O) groups is 1. The summed E-state index contributed by atoms with van der Waals surface area (Å²) in [6.07, 6.45) is 1.80. The van der Waals surface area contributed by atoms with E-state index in [9.17, 15) is 4.79 Å². The number of carbonyl (C=O) groups excluding carboxylic acids is 1. The number of rotatable bonds is 5. The van der Waals surface area contributed by atoms with Gasteiger partial charge in [0.15, 0.2) is 0 Å². The molecule has 0 atom stereocenters. The second-order valence-corrected chi connectivity index (χ2v) is 7.29. The van der Waals surface area contributed by atoms with Crippen molar-refractivity contribution in [3.8, 4) is 0 Å². The third kappa shape index (κ3) is 4.03. The highest BCUT2D eigenvalue weighted by Gasteiger charge is 2.27. The van der Waals surface area contributed by atoms with Crippen LogP contribution in [0.15, 0.2) is 18.2 Å². The lowest BCUT2D eigenvalue weighted by Crippen LogP contribution is -2.48. The summed E-state index contributed by atoms with van der Waals surface area (Å²) >= 11 is 1.18. The summed E-state index contributed by atoms with van der Waals surface area (Å²) in [4.78, 5) is 17.7. The minimum atomic E-state index is 0.0834. The molecule has 0 radical (unpaired) electrons. The van der Waals surface area contributed by atoms with Gasteiger partial charge in [0.2, 0.25) is 0 Å². The first-order chi connectivity index (χ1) is 12.8. The van der Waals surface area contributed by atoms with Crippen molar-refractivity contribution >= 4 is 28.7 Å². The number of hydrogen-bond acceptors (Lipinski definition) is 7. The number of fused-ring (bicyclic) bond motifs is 1. The Balaban J connectivity index is 1.50. The van der Waals surface area contributed by atoms with E-state index in [0.29, 0.717) is 5.56 Å². The van der Waals surface area contributed by atoms with Gasteiger partial charge in [-0.25, -0.2) is 0 Å². The van der Waals surface area contributed by atoms with Crippen LogP contribution in [-0.4, -0.2) is 83.1 Å². The van der Waals surface area contributed by atoms with E-state index in [2.05, 4.69) is 13.6 Å². The first-order valence-corrected chi connectivity index (χ1v) is 9.95. The van der Waals surface area contributed by atoms with Crippen molar-refractivity contribution in [2.24, 2.45) is 0 Å². The molecule has 2 aromatic rings. The fraction of sp³-hybridized carbons (Fsp3) is 0.611. The predicted molar refractivity (Wildman–Crippen MR) is 99.6 cm³/mol. The van der Waals surface area contributed by atoms with Gasteiger partial charge in [-0.05, 0) is 31.0 Å². The minimum absolute atomic E-state index is 0.0834. The smallest absolute Gasteiger partial charge is 0.254 e. The average molecular weight is 376 g/mol. The molecule has 2 fully saturated rings. The molecule has 2 aliphatic rings. The summed E-state index contributed by atoms with van der Waals surface area (Å²) in [5.41, 5.74) is 2.33. The molecule has 0 bridgehead atoms. The molecule has 2 saturated heterocycles. The van der Waals surface area contributed by atoms with Crippen molar-refractivity contribution in [1.29, 1.82) is 0 Å². The average Bonchev–Trinajstić information content (AvgIpc) is 3.17. The van der Waals surface area contributed by atoms with E-state index in [1.54, 1.807) is 0 Å². The fourth-order valence-corrected chi connectivity index (χ4v) is 4.12. The molecule has 0 N–H and O–H groups in total. The van der Waals surface area contributed by atoms with Gasteiger partial charge in [0.1, 0.15) is 11.0 Å². The first-order valence-electron chi connectivity index (χ1n) is 9.22. The maximum absolute atomic E-state index is 13.3. The molecule has 3 heterocycles. The molecule has 8 heteroatoms. The van der Waals surface area contributed by atoms with E-state index in [1.165, 1.54) is 11.7 Å². The Labute approximate surface area is 157 Å². The van der Waals surface area contributed by atoms with Crippen LogP contribution in [0.2, 0.25) is 0 Å². The highest BCUT2D eigenvalue weighted by atomic mass is 32.1. The van der Waals surface area contributed by atoms with Gasteiger partial charge in [-0.15, -0.1) is 0 Å². The number of hydrogen-bond donors (Lipinski definition) is 0. The Bertz CT molecular complexity index is 741.